The molecule has 17 heavy (non-hydrogen) atoms. The van der Waals surface area contributed by atoms with Gasteiger partial charge in [-0.15, -0.1) is 0 Å². The minimum absolute atomic E-state index is 0.0856. The van der Waals surface area contributed by atoms with E-state index in [4.69, 9.17) is 0 Å². The molecule has 0 amide bonds. The van der Waals surface area contributed by atoms with Crippen molar-refractivity contribution >= 4 is 5.82 Å². The van der Waals surface area contributed by atoms with Crippen molar-refractivity contribution in [2.45, 2.75) is 39.7 Å². The van der Waals surface area contributed by atoms with Crippen molar-refractivity contribution in [1.29, 1.82) is 0 Å². The predicted molar refractivity (Wildman–Crippen MR) is 69.1 cm³/mol. The highest BCUT2D eigenvalue weighted by molar-refractivity contribution is 5.50. The maximum Gasteiger partial charge on any atom is 0.132 e. The molecule has 0 bridgehead atoms. The zero-order valence-corrected chi connectivity index (χ0v) is 11.1. The van der Waals surface area contributed by atoms with E-state index in [1.165, 1.54) is 19.3 Å². The van der Waals surface area contributed by atoms with Crippen molar-refractivity contribution in [2.75, 3.05) is 18.0 Å². The molecule has 0 aliphatic carbocycles. The van der Waals surface area contributed by atoms with Gasteiger partial charge in [0.15, 0.2) is 0 Å². The van der Waals surface area contributed by atoms with Gasteiger partial charge < -0.3 is 10.0 Å². The van der Waals surface area contributed by atoms with Crippen LogP contribution in [-0.4, -0.2) is 28.0 Å². The van der Waals surface area contributed by atoms with Gasteiger partial charge in [0, 0.05) is 25.7 Å². The minimum atomic E-state index is 0.0856. The molecule has 0 aromatic carbocycles. The second-order valence-electron chi connectivity index (χ2n) is 5.03. The third-order valence-corrected chi connectivity index (χ3v) is 3.87. The van der Waals surface area contributed by atoms with Crippen LogP contribution >= 0.6 is 0 Å². The maximum absolute atomic E-state index is 9.49. The molecule has 1 aromatic heterocycles. The number of aliphatic hydroxyl groups is 1. The van der Waals surface area contributed by atoms with E-state index >= 15 is 0 Å². The van der Waals surface area contributed by atoms with Gasteiger partial charge in [-0.25, -0.2) is 0 Å². The van der Waals surface area contributed by atoms with Gasteiger partial charge >= 0.3 is 0 Å². The van der Waals surface area contributed by atoms with Gasteiger partial charge in [-0.05, 0) is 25.7 Å². The monoisotopic (exact) mass is 237 g/mol. The van der Waals surface area contributed by atoms with E-state index in [2.05, 4.69) is 16.9 Å². The number of aryl methyl sites for hydroxylation is 2. The second-order valence-corrected chi connectivity index (χ2v) is 5.03. The molecule has 1 fully saturated rings. The number of hydrogen-bond donors (Lipinski definition) is 1. The van der Waals surface area contributed by atoms with Crippen LogP contribution in [0.2, 0.25) is 0 Å². The van der Waals surface area contributed by atoms with Crippen LogP contribution in [-0.2, 0) is 13.7 Å². The zero-order chi connectivity index (χ0) is 12.4. The number of piperidine rings is 1. The van der Waals surface area contributed by atoms with Crippen LogP contribution in [0.25, 0.3) is 0 Å². The molecule has 4 nitrogen and oxygen atoms in total. The molecule has 0 radical (unpaired) electrons. The van der Waals surface area contributed by atoms with Gasteiger partial charge in [-0.1, -0.05) is 13.3 Å². The van der Waals surface area contributed by atoms with Crippen LogP contribution in [0.15, 0.2) is 0 Å². The van der Waals surface area contributed by atoms with E-state index in [9.17, 15) is 5.11 Å². The van der Waals surface area contributed by atoms with Gasteiger partial charge in [0.1, 0.15) is 5.82 Å². The molecule has 0 saturated carbocycles. The summed E-state index contributed by atoms with van der Waals surface area (Å²) in [7, 11) is 1.97. The number of anilines is 1. The van der Waals surface area contributed by atoms with Crippen LogP contribution in [0, 0.1) is 12.8 Å². The zero-order valence-electron chi connectivity index (χ0n) is 11.1. The van der Waals surface area contributed by atoms with Crippen LogP contribution in [0.3, 0.4) is 0 Å². The highest BCUT2D eigenvalue weighted by atomic mass is 16.3. The lowest BCUT2D eigenvalue weighted by molar-refractivity contribution is 0.280. The minimum Gasteiger partial charge on any atom is -0.391 e. The molecule has 2 heterocycles. The molecule has 96 valence electrons. The van der Waals surface area contributed by atoms with Gasteiger partial charge in [0.2, 0.25) is 0 Å². The summed E-state index contributed by atoms with van der Waals surface area (Å²) in [5, 5.41) is 13.9. The lowest BCUT2D eigenvalue weighted by Gasteiger charge is -2.34. The Morgan fingerprint density at radius 2 is 2.24 bits per heavy atom. The van der Waals surface area contributed by atoms with Crippen molar-refractivity contribution in [1.82, 2.24) is 9.78 Å². The summed E-state index contributed by atoms with van der Waals surface area (Å²) < 4.78 is 1.92. The first kappa shape index (κ1) is 12.4. The summed E-state index contributed by atoms with van der Waals surface area (Å²) >= 11 is 0. The molecule has 4 heteroatoms. The van der Waals surface area contributed by atoms with Crippen molar-refractivity contribution in [3.05, 3.63) is 11.3 Å². The summed E-state index contributed by atoms with van der Waals surface area (Å²) in [6.07, 6.45) is 3.81. The largest absolute Gasteiger partial charge is 0.391 e. The Labute approximate surface area is 103 Å². The third kappa shape index (κ3) is 2.32. The molecule has 1 aromatic rings. The fraction of sp³-hybridized carbons (Fsp3) is 0.769. The topological polar surface area (TPSA) is 41.3 Å². The molecular weight excluding hydrogens is 214 g/mol. The summed E-state index contributed by atoms with van der Waals surface area (Å²) in [4.78, 5) is 2.39. The third-order valence-electron chi connectivity index (χ3n) is 3.87. The van der Waals surface area contributed by atoms with Crippen molar-refractivity contribution in [3.8, 4) is 0 Å². The normalized spacial score (nSPS) is 20.9. The summed E-state index contributed by atoms with van der Waals surface area (Å²) in [6, 6.07) is 0. The Balaban J connectivity index is 2.26. The van der Waals surface area contributed by atoms with E-state index in [0.29, 0.717) is 0 Å². The molecule has 1 aliphatic heterocycles. The SMILES string of the molecule is CCC1CCCN(c2c(CO)c(C)nn2C)C1. The van der Waals surface area contributed by atoms with E-state index < -0.39 is 0 Å². The lowest BCUT2D eigenvalue weighted by atomic mass is 9.95. The smallest absolute Gasteiger partial charge is 0.132 e. The average Bonchev–Trinajstić information content (AvgIpc) is 2.63. The molecule has 1 saturated heterocycles. The Morgan fingerprint density at radius 1 is 1.47 bits per heavy atom. The van der Waals surface area contributed by atoms with Gasteiger partial charge in [0.25, 0.3) is 0 Å². The number of hydrogen-bond acceptors (Lipinski definition) is 3. The molecule has 0 spiro atoms. The fourth-order valence-electron chi connectivity index (χ4n) is 2.86. The fourth-order valence-corrected chi connectivity index (χ4v) is 2.86. The van der Waals surface area contributed by atoms with Gasteiger partial charge in [0.05, 0.1) is 12.3 Å². The van der Waals surface area contributed by atoms with E-state index in [0.717, 1.165) is 36.1 Å². The molecule has 1 unspecified atom stereocenters. The Hall–Kier alpha value is -1.03. The predicted octanol–water partition coefficient (Wildman–Crippen LogP) is 1.85. The van der Waals surface area contributed by atoms with E-state index in [1.54, 1.807) is 0 Å². The molecule has 1 atom stereocenters. The van der Waals surface area contributed by atoms with Crippen LogP contribution in [0.4, 0.5) is 5.82 Å². The highest BCUT2D eigenvalue weighted by Crippen LogP contribution is 2.28. The average molecular weight is 237 g/mol. The highest BCUT2D eigenvalue weighted by Gasteiger charge is 2.24. The Morgan fingerprint density at radius 3 is 2.88 bits per heavy atom. The first-order valence-electron chi connectivity index (χ1n) is 6.55. The number of nitrogens with zero attached hydrogens (tertiary/aromatic N) is 3. The summed E-state index contributed by atoms with van der Waals surface area (Å²) in [5.74, 6) is 1.90. The Kier molecular flexibility index (Phi) is 3.72. The summed E-state index contributed by atoms with van der Waals surface area (Å²) in [5.41, 5.74) is 1.94. The van der Waals surface area contributed by atoms with Crippen LogP contribution in [0.1, 0.15) is 37.4 Å². The van der Waals surface area contributed by atoms with Crippen molar-refractivity contribution < 1.29 is 5.11 Å². The first-order chi connectivity index (χ1) is 8.17. The van der Waals surface area contributed by atoms with Gasteiger partial charge in [-0.3, -0.25) is 4.68 Å². The molecular formula is C13H23N3O. The van der Waals surface area contributed by atoms with E-state index in [-0.39, 0.29) is 6.61 Å². The van der Waals surface area contributed by atoms with Crippen LogP contribution in [0.5, 0.6) is 0 Å². The van der Waals surface area contributed by atoms with Crippen LogP contribution < -0.4 is 4.90 Å². The number of aliphatic hydroxyl groups excluding tert-OH is 1. The molecule has 2 rings (SSSR count). The van der Waals surface area contributed by atoms with Crippen molar-refractivity contribution in [2.24, 2.45) is 13.0 Å². The Bertz CT molecular complexity index is 386. The maximum atomic E-state index is 9.49. The van der Waals surface area contributed by atoms with E-state index in [1.807, 2.05) is 18.7 Å². The number of rotatable bonds is 3. The quantitative estimate of drug-likeness (QED) is 0.872. The molecule has 1 aliphatic rings. The standard InChI is InChI=1S/C13H23N3O/c1-4-11-6-5-7-16(8-11)13-12(9-17)10(2)14-15(13)3/h11,17H,4-9H2,1-3H3. The number of aromatic nitrogens is 2. The first-order valence-corrected chi connectivity index (χ1v) is 6.55. The van der Waals surface area contributed by atoms with Crippen molar-refractivity contribution in [3.63, 3.8) is 0 Å². The lowest BCUT2D eigenvalue weighted by Crippen LogP contribution is -2.36. The second kappa shape index (κ2) is 5.08. The summed E-state index contributed by atoms with van der Waals surface area (Å²) in [6.45, 7) is 6.50. The van der Waals surface area contributed by atoms with Gasteiger partial charge in [-0.2, -0.15) is 5.10 Å². The molecule has 1 N–H and O–H groups in total.